The summed E-state index contributed by atoms with van der Waals surface area (Å²) in [6.45, 7) is 9.24. The number of rotatable bonds is 2. The van der Waals surface area contributed by atoms with Crippen molar-refractivity contribution in [1.82, 2.24) is 4.72 Å². The molecule has 7 nitrogen and oxygen atoms in total. The number of nitrogens with zero attached hydrogens (tertiary/aromatic N) is 1. The molecule has 1 saturated carbocycles. The van der Waals surface area contributed by atoms with Crippen LogP contribution in [0, 0.1) is 17.8 Å². The maximum atomic E-state index is 13.4. The minimum absolute atomic E-state index is 0.0219. The Hall–Kier alpha value is -2.81. The number of benzene rings is 2. The molecule has 4 aliphatic rings. The molecular formula is C35H43ClN2O5S. The number of nitrogens with one attached hydrogen (secondary N) is 1. The zero-order valence-electron chi connectivity index (χ0n) is 25.6. The average molecular weight is 639 g/mol. The van der Waals surface area contributed by atoms with E-state index in [0.717, 1.165) is 42.8 Å². The third-order valence-electron chi connectivity index (χ3n) is 10.7. The summed E-state index contributed by atoms with van der Waals surface area (Å²) in [6, 6.07) is 11.4. The van der Waals surface area contributed by atoms with Crippen LogP contribution in [0.2, 0.25) is 5.02 Å². The minimum Gasteiger partial charge on any atom is -0.490 e. The van der Waals surface area contributed by atoms with Crippen molar-refractivity contribution in [3.63, 3.8) is 0 Å². The molecule has 1 amide bonds. The number of anilines is 1. The van der Waals surface area contributed by atoms with E-state index in [9.17, 15) is 18.3 Å². The first-order valence-corrected chi connectivity index (χ1v) is 17.7. The molecule has 2 heterocycles. The number of halogens is 1. The van der Waals surface area contributed by atoms with Crippen LogP contribution >= 0.6 is 11.6 Å². The molecule has 2 aromatic rings. The van der Waals surface area contributed by atoms with Crippen molar-refractivity contribution < 1.29 is 23.1 Å². The summed E-state index contributed by atoms with van der Waals surface area (Å²) in [7, 11) is -3.95. The Morgan fingerprint density at radius 2 is 2.02 bits per heavy atom. The standard InChI is InChI=1S/C35H43ClN2O5S/c1-4-15-35(40)17-5-7-23(2)24(3)44(41,42)37-33(39)26-10-14-32-31(19-26)38(20-27-9-12-30(27)35)21-34(22-43-32)16-6-8-25-18-28(36)11-13-29(25)34/h4-5,10-11,13-14,17-19,23-24,27,30,40H,1,6-9,12,15-16,20-22H2,2-3H3,(H,37,39)/b17-5-/t23-,24+,27-,30+,34-,35-/m0/s1. The van der Waals surface area contributed by atoms with E-state index in [1.54, 1.807) is 31.2 Å². The summed E-state index contributed by atoms with van der Waals surface area (Å²) in [6.07, 6.45) is 11.2. The average Bonchev–Trinajstić information content (AvgIpc) is 3.11. The third-order valence-corrected chi connectivity index (χ3v) is 12.9. The monoisotopic (exact) mass is 638 g/mol. The van der Waals surface area contributed by atoms with Crippen molar-refractivity contribution >= 4 is 33.2 Å². The number of amides is 1. The third kappa shape index (κ3) is 5.69. The van der Waals surface area contributed by atoms with Crippen LogP contribution in [0.3, 0.4) is 0 Å². The van der Waals surface area contributed by atoms with Gasteiger partial charge in [0, 0.05) is 29.1 Å². The van der Waals surface area contributed by atoms with Gasteiger partial charge in [0.25, 0.3) is 5.91 Å². The molecular weight excluding hydrogens is 596 g/mol. The van der Waals surface area contributed by atoms with Crippen LogP contribution in [-0.4, -0.2) is 50.0 Å². The van der Waals surface area contributed by atoms with E-state index in [4.69, 9.17) is 16.3 Å². The van der Waals surface area contributed by atoms with Crippen LogP contribution in [0.15, 0.2) is 61.2 Å². The van der Waals surface area contributed by atoms with Gasteiger partial charge >= 0.3 is 0 Å². The van der Waals surface area contributed by atoms with Gasteiger partial charge in [0.05, 0.1) is 23.1 Å². The van der Waals surface area contributed by atoms with Gasteiger partial charge < -0.3 is 14.7 Å². The number of sulfonamides is 1. The van der Waals surface area contributed by atoms with Crippen LogP contribution in [0.5, 0.6) is 5.75 Å². The van der Waals surface area contributed by atoms with Crippen LogP contribution < -0.4 is 14.4 Å². The number of hydrogen-bond donors (Lipinski definition) is 2. The first kappa shape index (κ1) is 31.2. The van der Waals surface area contributed by atoms with Crippen molar-refractivity contribution in [2.24, 2.45) is 17.8 Å². The predicted molar refractivity (Wildman–Crippen MR) is 175 cm³/mol. The molecule has 2 aliphatic carbocycles. The van der Waals surface area contributed by atoms with Crippen molar-refractivity contribution in [2.75, 3.05) is 24.6 Å². The summed E-state index contributed by atoms with van der Waals surface area (Å²) >= 11 is 6.41. The Morgan fingerprint density at radius 3 is 2.77 bits per heavy atom. The largest absolute Gasteiger partial charge is 0.490 e. The van der Waals surface area contributed by atoms with Crippen molar-refractivity contribution in [2.45, 2.75) is 75.1 Å². The number of carbonyl (C=O) groups excluding carboxylic acids is 1. The van der Waals surface area contributed by atoms with Crippen molar-refractivity contribution in [1.29, 1.82) is 0 Å². The number of fused-ring (bicyclic) bond motifs is 4. The fourth-order valence-electron chi connectivity index (χ4n) is 7.82. The van der Waals surface area contributed by atoms with Gasteiger partial charge in [-0.05, 0) is 111 Å². The van der Waals surface area contributed by atoms with Gasteiger partial charge in [0.15, 0.2) is 0 Å². The molecule has 236 valence electrons. The molecule has 2 aromatic carbocycles. The first-order chi connectivity index (χ1) is 20.9. The Bertz CT molecular complexity index is 1590. The van der Waals surface area contributed by atoms with Gasteiger partial charge in [-0.3, -0.25) is 4.79 Å². The smallest absolute Gasteiger partial charge is 0.264 e. The molecule has 0 unspecified atom stereocenters. The number of aliphatic hydroxyl groups is 1. The Morgan fingerprint density at radius 1 is 1.20 bits per heavy atom. The normalized spacial score (nSPS) is 33.9. The summed E-state index contributed by atoms with van der Waals surface area (Å²) in [4.78, 5) is 15.7. The number of ether oxygens (including phenoxy) is 1. The fraction of sp³-hybridized carbons (Fsp3) is 0.514. The highest BCUT2D eigenvalue weighted by Crippen LogP contribution is 2.49. The van der Waals surface area contributed by atoms with E-state index in [-0.39, 0.29) is 28.7 Å². The lowest BCUT2D eigenvalue weighted by Crippen LogP contribution is -2.52. The summed E-state index contributed by atoms with van der Waals surface area (Å²) < 4.78 is 35.4. The molecule has 6 rings (SSSR count). The Labute approximate surface area is 266 Å². The van der Waals surface area contributed by atoms with E-state index < -0.39 is 26.8 Å². The van der Waals surface area contributed by atoms with E-state index in [1.165, 1.54) is 11.1 Å². The van der Waals surface area contributed by atoms with Crippen LogP contribution in [0.4, 0.5) is 5.69 Å². The number of aryl methyl sites for hydroxylation is 1. The molecule has 0 radical (unpaired) electrons. The van der Waals surface area contributed by atoms with Crippen molar-refractivity contribution in [3.8, 4) is 5.75 Å². The summed E-state index contributed by atoms with van der Waals surface area (Å²) in [5.74, 6) is -0.0119. The second kappa shape index (κ2) is 11.8. The molecule has 9 heteroatoms. The molecule has 44 heavy (non-hydrogen) atoms. The van der Waals surface area contributed by atoms with Gasteiger partial charge in [-0.2, -0.15) is 0 Å². The van der Waals surface area contributed by atoms with E-state index >= 15 is 0 Å². The first-order valence-electron chi connectivity index (χ1n) is 15.8. The Kier molecular flexibility index (Phi) is 8.39. The molecule has 2 bridgehead atoms. The molecule has 2 N–H and O–H groups in total. The maximum absolute atomic E-state index is 13.4. The lowest BCUT2D eigenvalue weighted by Gasteiger charge is -2.49. The molecule has 0 aromatic heterocycles. The summed E-state index contributed by atoms with van der Waals surface area (Å²) in [5.41, 5.74) is 2.18. The van der Waals surface area contributed by atoms with E-state index in [1.807, 2.05) is 25.1 Å². The van der Waals surface area contributed by atoms with Crippen LogP contribution in [0.1, 0.15) is 73.9 Å². The van der Waals surface area contributed by atoms with Crippen LogP contribution in [-0.2, 0) is 21.9 Å². The van der Waals surface area contributed by atoms with E-state index in [2.05, 4.69) is 28.3 Å². The summed E-state index contributed by atoms with van der Waals surface area (Å²) in [5, 5.41) is 11.9. The molecule has 6 atom stereocenters. The molecule has 1 fully saturated rings. The van der Waals surface area contributed by atoms with Crippen molar-refractivity contribution in [3.05, 3.63) is 82.9 Å². The second-order valence-corrected chi connectivity index (χ2v) is 16.0. The Balaban J connectivity index is 1.45. The van der Waals surface area contributed by atoms with Gasteiger partial charge in [-0.25, -0.2) is 13.1 Å². The van der Waals surface area contributed by atoms with E-state index in [0.29, 0.717) is 38.3 Å². The molecule has 0 saturated heterocycles. The number of carbonyl (C=O) groups is 1. The van der Waals surface area contributed by atoms with Gasteiger partial charge in [0.1, 0.15) is 5.75 Å². The fourth-order valence-corrected chi connectivity index (χ4v) is 9.30. The second-order valence-electron chi connectivity index (χ2n) is 13.5. The zero-order chi connectivity index (χ0) is 31.3. The lowest BCUT2D eigenvalue weighted by atomic mass is 9.63. The molecule has 2 aliphatic heterocycles. The van der Waals surface area contributed by atoms with Crippen LogP contribution in [0.25, 0.3) is 0 Å². The van der Waals surface area contributed by atoms with Gasteiger partial charge in [-0.15, -0.1) is 6.58 Å². The zero-order valence-corrected chi connectivity index (χ0v) is 27.2. The highest BCUT2D eigenvalue weighted by atomic mass is 35.5. The quantitative estimate of drug-likeness (QED) is 0.381. The van der Waals surface area contributed by atoms with Gasteiger partial charge in [0.2, 0.25) is 10.0 Å². The highest BCUT2D eigenvalue weighted by molar-refractivity contribution is 7.90. The number of allylic oxidation sites excluding steroid dienone is 1. The topological polar surface area (TPSA) is 95.9 Å². The van der Waals surface area contributed by atoms with Gasteiger partial charge in [-0.1, -0.05) is 42.8 Å². The highest BCUT2D eigenvalue weighted by Gasteiger charge is 2.47. The predicted octanol–water partition coefficient (Wildman–Crippen LogP) is 6.19. The molecule has 1 spiro atoms. The maximum Gasteiger partial charge on any atom is 0.264 e. The SMILES string of the molecule is C=CC[C@]1(O)/C=C\C[C@H](C)[C@@H](C)S(=O)(=O)NC(=O)c2ccc3c(c2)N(C[C@@H]2CC[C@H]21)C[C@@]1(CCCc2cc(Cl)ccc21)CO3. The lowest BCUT2D eigenvalue weighted by molar-refractivity contribution is -0.0428. The minimum atomic E-state index is -3.95. The number of hydrogen-bond acceptors (Lipinski definition) is 6.